The molecule has 152 valence electrons. The number of β-amino-alcohol motifs (C(OH)–C–C–N with tert-alkyl or cyclic N) is 1. The molecule has 1 aliphatic heterocycles. The minimum Gasteiger partial charge on any atom is -0.489 e. The van der Waals surface area contributed by atoms with Crippen LogP contribution in [0, 0.1) is 0 Å². The van der Waals surface area contributed by atoms with Crippen LogP contribution < -0.4 is 15.4 Å². The topological polar surface area (TPSA) is 78.4 Å². The molecule has 0 aliphatic carbocycles. The van der Waals surface area contributed by atoms with Crippen LogP contribution in [0.2, 0.25) is 0 Å². The van der Waals surface area contributed by atoms with E-state index >= 15 is 0 Å². The number of benzene rings is 1. The van der Waals surface area contributed by atoms with Crippen molar-refractivity contribution in [3.8, 4) is 5.75 Å². The summed E-state index contributed by atoms with van der Waals surface area (Å²) in [5.74, 6) is 1.53. The van der Waals surface area contributed by atoms with Crippen molar-refractivity contribution < 1.29 is 14.6 Å². The average molecular weight is 379 g/mol. The molecule has 2 rings (SSSR count). The number of guanidine groups is 1. The summed E-state index contributed by atoms with van der Waals surface area (Å²) in [5, 5.41) is 17.2. The molecule has 0 saturated carbocycles. The molecule has 1 aromatic rings. The number of hydrogen-bond donors (Lipinski definition) is 3. The molecule has 7 heteroatoms. The Kier molecular flexibility index (Phi) is 8.84. The zero-order valence-electron chi connectivity index (χ0n) is 16.8. The Morgan fingerprint density at radius 3 is 2.67 bits per heavy atom. The van der Waals surface area contributed by atoms with Crippen LogP contribution in [0.4, 0.5) is 0 Å². The highest BCUT2D eigenvalue weighted by molar-refractivity contribution is 5.79. The number of aliphatic hydroxyl groups is 1. The maximum Gasteiger partial charge on any atom is 0.191 e. The summed E-state index contributed by atoms with van der Waals surface area (Å²) in [6.07, 6.45) is -0.00915. The first-order valence-corrected chi connectivity index (χ1v) is 9.75. The van der Waals surface area contributed by atoms with Crippen molar-refractivity contribution in [1.82, 2.24) is 15.5 Å². The van der Waals surface area contributed by atoms with E-state index in [9.17, 15) is 5.11 Å². The number of hydrogen-bond acceptors (Lipinski definition) is 5. The van der Waals surface area contributed by atoms with Crippen LogP contribution >= 0.6 is 0 Å². The number of rotatable bonds is 9. The average Bonchev–Trinajstić information content (AvgIpc) is 2.65. The molecule has 0 radical (unpaired) electrons. The van der Waals surface area contributed by atoms with Crippen LogP contribution in [0.3, 0.4) is 0 Å². The number of morpholine rings is 1. The first-order chi connectivity index (χ1) is 13.0. The summed E-state index contributed by atoms with van der Waals surface area (Å²) in [5.41, 5.74) is -0.883. The van der Waals surface area contributed by atoms with Crippen molar-refractivity contribution in [2.75, 3.05) is 52.5 Å². The molecule has 3 N–H and O–H groups in total. The van der Waals surface area contributed by atoms with Crippen molar-refractivity contribution >= 4 is 5.96 Å². The highest BCUT2D eigenvalue weighted by Crippen LogP contribution is 2.11. The lowest BCUT2D eigenvalue weighted by Crippen LogP contribution is -2.48. The van der Waals surface area contributed by atoms with Gasteiger partial charge in [-0.05, 0) is 32.9 Å². The first kappa shape index (κ1) is 21.5. The number of para-hydroxylation sites is 1. The minimum atomic E-state index is -0.883. The Morgan fingerprint density at radius 2 is 2.00 bits per heavy atom. The standard InChI is InChI=1S/C20H34N4O3/c1-4-21-19(22-14-17(2)27-18-8-6-5-7-9-18)23-15-20(3,25)16-24-10-12-26-13-11-24/h5-9,17,25H,4,10-16H2,1-3H3,(H2,21,22,23). The molecule has 2 unspecified atom stereocenters. The Balaban J connectivity index is 1.81. The van der Waals surface area contributed by atoms with Crippen molar-refractivity contribution in [3.63, 3.8) is 0 Å². The lowest BCUT2D eigenvalue weighted by molar-refractivity contribution is -0.0180. The van der Waals surface area contributed by atoms with Crippen molar-refractivity contribution in [3.05, 3.63) is 30.3 Å². The van der Waals surface area contributed by atoms with E-state index in [1.807, 2.05) is 51.1 Å². The SMILES string of the molecule is CCNC(=NCC(C)(O)CN1CCOCC1)NCC(C)Oc1ccccc1. The van der Waals surface area contributed by atoms with Crippen LogP contribution in [0.15, 0.2) is 35.3 Å². The Morgan fingerprint density at radius 1 is 1.30 bits per heavy atom. The molecule has 27 heavy (non-hydrogen) atoms. The van der Waals surface area contributed by atoms with Crippen LogP contribution in [0.25, 0.3) is 0 Å². The summed E-state index contributed by atoms with van der Waals surface area (Å²) >= 11 is 0. The number of aliphatic imine (C=N–C) groups is 1. The molecular formula is C20H34N4O3. The van der Waals surface area contributed by atoms with Gasteiger partial charge in [-0.3, -0.25) is 9.89 Å². The van der Waals surface area contributed by atoms with Gasteiger partial charge in [-0.15, -0.1) is 0 Å². The summed E-state index contributed by atoms with van der Waals surface area (Å²) in [4.78, 5) is 6.78. The van der Waals surface area contributed by atoms with Crippen molar-refractivity contribution in [2.45, 2.75) is 32.5 Å². The van der Waals surface area contributed by atoms with Crippen molar-refractivity contribution in [2.24, 2.45) is 4.99 Å². The maximum absolute atomic E-state index is 10.7. The molecule has 0 amide bonds. The van der Waals surface area contributed by atoms with Crippen LogP contribution in [-0.4, -0.2) is 80.2 Å². The maximum atomic E-state index is 10.7. The number of nitrogens with zero attached hydrogens (tertiary/aromatic N) is 2. The number of ether oxygens (including phenoxy) is 2. The molecule has 0 spiro atoms. The Bertz CT molecular complexity index is 560. The van der Waals surface area contributed by atoms with Gasteiger partial charge in [0.2, 0.25) is 0 Å². The van der Waals surface area contributed by atoms with E-state index in [1.165, 1.54) is 0 Å². The van der Waals surface area contributed by atoms with Gasteiger partial charge in [0.15, 0.2) is 5.96 Å². The van der Waals surface area contributed by atoms with Crippen molar-refractivity contribution in [1.29, 1.82) is 0 Å². The summed E-state index contributed by atoms with van der Waals surface area (Å²) < 4.78 is 11.2. The molecule has 1 aromatic carbocycles. The van der Waals surface area contributed by atoms with Crippen LogP contribution in [-0.2, 0) is 4.74 Å². The third kappa shape index (κ3) is 8.60. The molecular weight excluding hydrogens is 344 g/mol. The van der Waals surface area contributed by atoms with E-state index in [0.717, 1.165) is 38.6 Å². The van der Waals surface area contributed by atoms with Gasteiger partial charge in [-0.1, -0.05) is 18.2 Å². The van der Waals surface area contributed by atoms with Gasteiger partial charge in [-0.2, -0.15) is 0 Å². The smallest absolute Gasteiger partial charge is 0.191 e. The third-order valence-electron chi connectivity index (χ3n) is 4.23. The molecule has 1 saturated heterocycles. The van der Waals surface area contributed by atoms with Crippen LogP contribution in [0.1, 0.15) is 20.8 Å². The molecule has 1 heterocycles. The van der Waals surface area contributed by atoms with Gasteiger partial charge in [0.1, 0.15) is 11.9 Å². The molecule has 0 aromatic heterocycles. The summed E-state index contributed by atoms with van der Waals surface area (Å²) in [6, 6.07) is 9.76. The summed E-state index contributed by atoms with van der Waals surface area (Å²) in [6.45, 7) is 11.3. The second-order valence-electron chi connectivity index (χ2n) is 7.20. The normalized spacial score (nSPS) is 19.2. The van der Waals surface area contributed by atoms with Gasteiger partial charge >= 0.3 is 0 Å². The van der Waals surface area contributed by atoms with Gasteiger partial charge in [0, 0.05) is 26.2 Å². The van der Waals surface area contributed by atoms with Gasteiger partial charge in [0.25, 0.3) is 0 Å². The van der Waals surface area contributed by atoms with Gasteiger partial charge in [0.05, 0.1) is 31.9 Å². The van der Waals surface area contributed by atoms with E-state index in [0.29, 0.717) is 25.6 Å². The molecule has 0 bridgehead atoms. The highest BCUT2D eigenvalue weighted by atomic mass is 16.5. The monoisotopic (exact) mass is 378 g/mol. The molecule has 1 fully saturated rings. The van der Waals surface area contributed by atoms with Crippen LogP contribution in [0.5, 0.6) is 5.75 Å². The minimum absolute atomic E-state index is 0.00915. The number of nitrogens with one attached hydrogen (secondary N) is 2. The lowest BCUT2D eigenvalue weighted by Gasteiger charge is -2.33. The zero-order valence-corrected chi connectivity index (χ0v) is 16.8. The first-order valence-electron chi connectivity index (χ1n) is 9.75. The largest absolute Gasteiger partial charge is 0.489 e. The molecule has 1 aliphatic rings. The molecule has 2 atom stereocenters. The van der Waals surface area contributed by atoms with E-state index in [1.54, 1.807) is 0 Å². The molecule has 7 nitrogen and oxygen atoms in total. The quantitative estimate of drug-likeness (QED) is 0.441. The van der Waals surface area contributed by atoms with E-state index in [-0.39, 0.29) is 6.10 Å². The third-order valence-corrected chi connectivity index (χ3v) is 4.23. The fourth-order valence-corrected chi connectivity index (χ4v) is 2.90. The lowest BCUT2D eigenvalue weighted by atomic mass is 10.1. The predicted molar refractivity (Wildman–Crippen MR) is 108 cm³/mol. The fourth-order valence-electron chi connectivity index (χ4n) is 2.90. The second-order valence-corrected chi connectivity index (χ2v) is 7.20. The van der Waals surface area contributed by atoms with E-state index in [4.69, 9.17) is 9.47 Å². The van der Waals surface area contributed by atoms with Gasteiger partial charge in [-0.25, -0.2) is 0 Å². The fraction of sp³-hybridized carbons (Fsp3) is 0.650. The Hall–Kier alpha value is -1.83. The van der Waals surface area contributed by atoms with E-state index in [2.05, 4.69) is 20.5 Å². The summed E-state index contributed by atoms with van der Waals surface area (Å²) in [7, 11) is 0. The second kappa shape index (κ2) is 11.1. The van der Waals surface area contributed by atoms with E-state index < -0.39 is 5.60 Å². The van der Waals surface area contributed by atoms with Gasteiger partial charge < -0.3 is 25.2 Å². The highest BCUT2D eigenvalue weighted by Gasteiger charge is 2.25. The predicted octanol–water partition coefficient (Wildman–Crippen LogP) is 1.09. The zero-order chi connectivity index (χ0) is 19.5. The Labute approximate surface area is 162 Å².